The average molecular weight is 1050 g/mol. The number of anilines is 2. The molecule has 13 rings (SSSR count). The van der Waals surface area contributed by atoms with Crippen LogP contribution in [0.5, 0.6) is 0 Å². The summed E-state index contributed by atoms with van der Waals surface area (Å²) in [5, 5.41) is 18.1. The van der Waals surface area contributed by atoms with Crippen molar-refractivity contribution in [3.63, 3.8) is 0 Å². The summed E-state index contributed by atoms with van der Waals surface area (Å²) in [6.07, 6.45) is 22.4. The molecule has 6 aliphatic rings. The molecule has 6 heterocycles. The number of halogens is 2. The van der Waals surface area contributed by atoms with Crippen LogP contribution < -0.4 is 21.3 Å². The Kier molecular flexibility index (Phi) is 16.1. The molecule has 4 atom stereocenters. The molecule has 4 bridgehead atoms. The molecule has 4 unspecified atom stereocenters. The minimum absolute atomic E-state index is 0. The number of hydrogen-bond acceptors (Lipinski definition) is 12. The van der Waals surface area contributed by atoms with Crippen LogP contribution in [-0.2, 0) is 11.6 Å². The molecule has 2 saturated heterocycles. The highest BCUT2D eigenvalue weighted by atomic mass is 35.5. The van der Waals surface area contributed by atoms with E-state index in [0.717, 1.165) is 102 Å². The zero-order valence-corrected chi connectivity index (χ0v) is 42.4. The number of nitrogens with zero attached hydrogens (tertiary/aromatic N) is 7. The van der Waals surface area contributed by atoms with Crippen LogP contribution >= 0.6 is 23.2 Å². The molecule has 6 fully saturated rings. The van der Waals surface area contributed by atoms with Crippen molar-refractivity contribution in [3.05, 3.63) is 114 Å². The van der Waals surface area contributed by atoms with Crippen molar-refractivity contribution >= 4 is 68.5 Å². The van der Waals surface area contributed by atoms with Gasteiger partial charge in [-0.05, 0) is 101 Å². The molecule has 4 saturated carbocycles. The maximum Gasteiger partial charge on any atom is 0.335 e. The Balaban J connectivity index is 0.000000168. The lowest BCUT2D eigenvalue weighted by Gasteiger charge is -2.48. The van der Waals surface area contributed by atoms with Crippen LogP contribution in [0, 0.1) is 0 Å². The molecule has 73 heavy (non-hydrogen) atoms. The van der Waals surface area contributed by atoms with Crippen molar-refractivity contribution in [1.29, 1.82) is 0 Å². The van der Waals surface area contributed by atoms with Crippen LogP contribution in [0.1, 0.15) is 91.9 Å². The van der Waals surface area contributed by atoms with Gasteiger partial charge in [-0.1, -0.05) is 92.7 Å². The van der Waals surface area contributed by atoms with Crippen LogP contribution in [0.15, 0.2) is 104 Å². The van der Waals surface area contributed by atoms with E-state index in [4.69, 9.17) is 41.6 Å². The molecule has 386 valence electrons. The second-order valence-electron chi connectivity index (χ2n) is 20.7. The van der Waals surface area contributed by atoms with Gasteiger partial charge in [0.05, 0.1) is 39.3 Å². The van der Waals surface area contributed by atoms with Gasteiger partial charge in [0.2, 0.25) is 11.9 Å². The molecule has 7 aromatic rings. The van der Waals surface area contributed by atoms with Crippen molar-refractivity contribution in [2.24, 2.45) is 0 Å². The van der Waals surface area contributed by atoms with Crippen LogP contribution in [0.25, 0.3) is 50.0 Å². The molecule has 0 amide bonds. The molecule has 17 heteroatoms. The van der Waals surface area contributed by atoms with E-state index in [1.165, 1.54) is 77.0 Å². The summed E-state index contributed by atoms with van der Waals surface area (Å²) < 4.78 is 18.8. The van der Waals surface area contributed by atoms with Gasteiger partial charge in [-0.15, -0.1) is 0 Å². The number of benzene rings is 3. The lowest BCUT2D eigenvalue weighted by Crippen LogP contribution is -2.57. The lowest BCUT2D eigenvalue weighted by atomic mass is 9.77. The van der Waals surface area contributed by atoms with E-state index < -0.39 is 11.6 Å². The number of rotatable bonds is 9. The van der Waals surface area contributed by atoms with Crippen molar-refractivity contribution < 1.29 is 8.42 Å². The normalized spacial score (nSPS) is 25.6. The largest absolute Gasteiger partial charge is 0.360 e. The highest BCUT2D eigenvalue weighted by Gasteiger charge is 2.55. The number of nitrogens with one attached hydrogen (secondary N) is 5. The van der Waals surface area contributed by atoms with E-state index in [9.17, 15) is 0 Å². The predicted octanol–water partition coefficient (Wildman–Crippen LogP) is 10.9. The van der Waals surface area contributed by atoms with E-state index >= 15 is 0 Å². The Morgan fingerprint density at radius 1 is 0.575 bits per heavy atom. The molecule has 2 aliphatic heterocycles. The zero-order chi connectivity index (χ0) is 48.5. The van der Waals surface area contributed by atoms with Crippen LogP contribution in [-0.4, -0.2) is 122 Å². The quantitative estimate of drug-likeness (QED) is 0.0932. The summed E-state index contributed by atoms with van der Waals surface area (Å²) in [6.45, 7) is 9.06. The SMILES string of the molecule is C.C.Clc1cnc(NC23CCCC(N4CCNCC4)(CC2)C3)nc1-c1c[nH]c2ccccc12.Clc1cnc(NC23CCCC(N4CCNCC4)(CC2)C3)nc1-c1cn(-c2ccccc2)c2ccccc12.O=S=O. The van der Waals surface area contributed by atoms with E-state index in [1.807, 2.05) is 24.4 Å². The van der Waals surface area contributed by atoms with Gasteiger partial charge in [0.25, 0.3) is 0 Å². The Bertz CT molecular complexity index is 3050. The highest BCUT2D eigenvalue weighted by molar-refractivity contribution is 7.51. The third-order valence-electron chi connectivity index (χ3n) is 16.7. The number of hydrogen-bond donors (Lipinski definition) is 5. The number of aromatic nitrogens is 6. The Morgan fingerprint density at radius 3 is 1.63 bits per heavy atom. The third-order valence-corrected chi connectivity index (χ3v) is 17.3. The molecule has 14 nitrogen and oxygen atoms in total. The molecular formula is C56H70Cl2N12O2S. The Hall–Kier alpha value is -5.26. The van der Waals surface area contributed by atoms with Crippen LogP contribution in [0.4, 0.5) is 11.9 Å². The second-order valence-corrected chi connectivity index (χ2v) is 21.6. The number of fused-ring (bicyclic) bond motifs is 6. The van der Waals surface area contributed by atoms with E-state index in [-0.39, 0.29) is 25.9 Å². The smallest absolute Gasteiger partial charge is 0.335 e. The molecule has 0 radical (unpaired) electrons. The van der Waals surface area contributed by atoms with Crippen molar-refractivity contribution in [1.82, 2.24) is 49.9 Å². The topological polar surface area (TPSA) is 161 Å². The Labute approximate surface area is 443 Å². The Morgan fingerprint density at radius 2 is 1.07 bits per heavy atom. The fourth-order valence-electron chi connectivity index (χ4n) is 13.5. The van der Waals surface area contributed by atoms with Crippen molar-refractivity contribution in [3.8, 4) is 28.2 Å². The van der Waals surface area contributed by atoms with Gasteiger partial charge in [0, 0.05) is 120 Å². The standard InChI is InChI=1S/C30H33ClN6.C24H29ClN6.2CH4.O2S/c31-25-19-33-28(35-29-11-6-12-30(21-29,14-13-29)36-17-15-32-16-18-36)34-27(25)24-20-37(22-7-2-1-3-8-22)26-10-5-4-9-23(24)26;25-19-15-28-22(29-21(19)18-14-27-20-5-2-1-4-17(18)20)30-23-6-3-7-24(16-23,9-8-23)31-12-10-26-11-13-31;;;1-3-2/h1-5,7-10,19-20,32H,6,11-18,21H2,(H,33,34,35);1-2,4-5,14-15,26-27H,3,6-13,16H2,(H,28,29,30);2*1H4;. The first-order valence-electron chi connectivity index (χ1n) is 25.4. The third kappa shape index (κ3) is 10.4. The van der Waals surface area contributed by atoms with Gasteiger partial charge in [0.1, 0.15) is 0 Å². The maximum atomic E-state index is 8.29. The van der Waals surface area contributed by atoms with Gasteiger partial charge in [-0.25, -0.2) is 19.9 Å². The molecule has 0 spiro atoms. The molecule has 4 aromatic heterocycles. The minimum Gasteiger partial charge on any atom is -0.360 e. The fraction of sp³-hybridized carbons (Fsp3) is 0.464. The van der Waals surface area contributed by atoms with Gasteiger partial charge in [0.15, 0.2) is 0 Å². The molecule has 4 aliphatic carbocycles. The number of aromatic amines is 1. The first kappa shape index (κ1) is 52.6. The molecule has 5 N–H and O–H groups in total. The fourth-order valence-corrected chi connectivity index (χ4v) is 13.9. The highest BCUT2D eigenvalue weighted by Crippen LogP contribution is 2.54. The first-order valence-corrected chi connectivity index (χ1v) is 26.8. The van der Waals surface area contributed by atoms with Crippen LogP contribution in [0.3, 0.4) is 0 Å². The van der Waals surface area contributed by atoms with Gasteiger partial charge in [-0.2, -0.15) is 8.42 Å². The van der Waals surface area contributed by atoms with E-state index in [0.29, 0.717) is 33.0 Å². The van der Waals surface area contributed by atoms with Gasteiger partial charge < -0.3 is 30.8 Å². The monoisotopic (exact) mass is 1040 g/mol. The van der Waals surface area contributed by atoms with Gasteiger partial charge in [-0.3, -0.25) is 9.80 Å². The number of piperazine rings is 2. The minimum atomic E-state index is -0.750. The summed E-state index contributed by atoms with van der Waals surface area (Å²) >= 11 is 12.6. The number of para-hydroxylation sites is 3. The average Bonchev–Trinajstić information content (AvgIpc) is 4.16. The van der Waals surface area contributed by atoms with Crippen molar-refractivity contribution in [2.75, 3.05) is 63.0 Å². The summed E-state index contributed by atoms with van der Waals surface area (Å²) in [4.78, 5) is 28.1. The van der Waals surface area contributed by atoms with E-state index in [1.54, 1.807) is 12.4 Å². The van der Waals surface area contributed by atoms with E-state index in [2.05, 4.69) is 117 Å². The zero-order valence-electron chi connectivity index (χ0n) is 40.1. The summed E-state index contributed by atoms with van der Waals surface area (Å²) in [5.74, 6) is 1.39. The number of H-pyrrole nitrogens is 1. The van der Waals surface area contributed by atoms with Gasteiger partial charge >= 0.3 is 11.6 Å². The lowest BCUT2D eigenvalue weighted by molar-refractivity contribution is 0.0502. The maximum absolute atomic E-state index is 8.29. The molecular weight excluding hydrogens is 976 g/mol. The second kappa shape index (κ2) is 22.3. The first-order chi connectivity index (χ1) is 34.7. The van der Waals surface area contributed by atoms with Crippen LogP contribution in [0.2, 0.25) is 10.0 Å². The summed E-state index contributed by atoms with van der Waals surface area (Å²) in [5.41, 5.74) is 7.78. The predicted molar refractivity (Wildman–Crippen MR) is 298 cm³/mol. The summed E-state index contributed by atoms with van der Waals surface area (Å²) in [7, 11) is 0. The van der Waals surface area contributed by atoms with Crippen molar-refractivity contribution in [2.45, 2.75) is 114 Å². The molecule has 3 aromatic carbocycles. The summed E-state index contributed by atoms with van der Waals surface area (Å²) in [6, 6.07) is 27.1.